The Kier molecular flexibility index (Phi) is 9.47. The van der Waals surface area contributed by atoms with Crippen LogP contribution in [0, 0.1) is 0 Å². The summed E-state index contributed by atoms with van der Waals surface area (Å²) in [6.45, 7) is 0. The molecule has 0 bridgehead atoms. The number of halogens is 3. The van der Waals surface area contributed by atoms with E-state index in [1.165, 1.54) is 12.0 Å². The Morgan fingerprint density at radius 3 is 2.02 bits per heavy atom. The van der Waals surface area contributed by atoms with Crippen LogP contribution in [0.2, 0.25) is 0 Å². The minimum absolute atomic E-state index is 0. The quantitative estimate of drug-likeness (QED) is 0.191. The number of nitrogens with one attached hydrogen (secondary N) is 1. The first-order valence-corrected chi connectivity index (χ1v) is 14.7. The number of para-hydroxylation sites is 1. The Balaban J connectivity index is 0.00000139. The number of benzene rings is 4. The summed E-state index contributed by atoms with van der Waals surface area (Å²) < 4.78 is 7.60. The molecule has 0 spiro atoms. The summed E-state index contributed by atoms with van der Waals surface area (Å²) in [5.74, 6) is 2.51. The van der Waals surface area contributed by atoms with Gasteiger partial charge in [-0.15, -0.1) is 37.2 Å². The Bertz CT molecular complexity index is 1970. The lowest BCUT2D eigenvalue weighted by molar-refractivity contribution is 0.253. The van der Waals surface area contributed by atoms with Crippen molar-refractivity contribution in [2.75, 3.05) is 12.4 Å². The fraction of sp³-hybridized carbons (Fsp3) is 0.135. The first-order chi connectivity index (χ1) is 21.1. The largest absolute Gasteiger partial charge is 0.497 e. The number of imidazole rings is 1. The number of hydrogen-bond acceptors (Lipinski definition) is 5. The maximum absolute atomic E-state index is 6.70. The zero-order chi connectivity index (χ0) is 29.0. The van der Waals surface area contributed by atoms with Gasteiger partial charge in [-0.3, -0.25) is 4.57 Å². The molecule has 1 aliphatic heterocycles. The van der Waals surface area contributed by atoms with E-state index in [0.29, 0.717) is 0 Å². The molecule has 6 nitrogen and oxygen atoms in total. The van der Waals surface area contributed by atoms with E-state index in [1.807, 2.05) is 30.5 Å². The first kappa shape index (κ1) is 33.0. The highest BCUT2D eigenvalue weighted by atomic mass is 35.5. The molecule has 3 N–H and O–H groups in total. The van der Waals surface area contributed by atoms with Crippen molar-refractivity contribution < 1.29 is 4.74 Å². The van der Waals surface area contributed by atoms with E-state index in [9.17, 15) is 0 Å². The summed E-state index contributed by atoms with van der Waals surface area (Å²) in [5.41, 5.74) is 17.0. The predicted molar refractivity (Wildman–Crippen MR) is 194 cm³/mol. The zero-order valence-electron chi connectivity index (χ0n) is 25.1. The van der Waals surface area contributed by atoms with E-state index in [1.54, 1.807) is 7.11 Å². The van der Waals surface area contributed by atoms with Crippen LogP contribution in [-0.2, 0) is 5.54 Å². The van der Waals surface area contributed by atoms with Gasteiger partial charge in [0.1, 0.15) is 11.6 Å². The van der Waals surface area contributed by atoms with Gasteiger partial charge < -0.3 is 15.8 Å². The third-order valence-electron chi connectivity index (χ3n) is 8.89. The normalized spacial score (nSPS) is 13.4. The molecule has 9 heteroatoms. The number of rotatable bonds is 5. The molecule has 1 saturated carbocycles. The van der Waals surface area contributed by atoms with Gasteiger partial charge in [-0.05, 0) is 72.4 Å². The number of pyridine rings is 1. The first-order valence-electron chi connectivity index (χ1n) is 14.7. The van der Waals surface area contributed by atoms with Gasteiger partial charge in [0, 0.05) is 28.4 Å². The average Bonchev–Trinajstić information content (AvgIpc) is 3.38. The summed E-state index contributed by atoms with van der Waals surface area (Å²) >= 11 is 0. The summed E-state index contributed by atoms with van der Waals surface area (Å²) in [6, 6.07) is 37.9. The number of ether oxygens (including phenoxy) is 1. The van der Waals surface area contributed by atoms with E-state index in [0.717, 1.165) is 80.8 Å². The van der Waals surface area contributed by atoms with Crippen molar-refractivity contribution in [1.82, 2.24) is 14.5 Å². The average molecular weight is 671 g/mol. The summed E-state index contributed by atoms with van der Waals surface area (Å²) in [6.07, 6.45) is 5.06. The van der Waals surface area contributed by atoms with Gasteiger partial charge in [-0.25, -0.2) is 9.97 Å². The van der Waals surface area contributed by atoms with Crippen LogP contribution in [0.25, 0.3) is 50.7 Å². The van der Waals surface area contributed by atoms with Gasteiger partial charge in [0.05, 0.1) is 29.9 Å². The highest BCUT2D eigenvalue weighted by Gasteiger charge is 2.34. The molecule has 1 aliphatic carbocycles. The van der Waals surface area contributed by atoms with Crippen molar-refractivity contribution in [2.24, 2.45) is 5.73 Å². The molecule has 0 atom stereocenters. The Morgan fingerprint density at radius 2 is 1.37 bits per heavy atom. The van der Waals surface area contributed by atoms with Crippen molar-refractivity contribution in [2.45, 2.75) is 24.8 Å². The zero-order valence-corrected chi connectivity index (χ0v) is 27.6. The van der Waals surface area contributed by atoms with Gasteiger partial charge in [0.25, 0.3) is 0 Å². The second kappa shape index (κ2) is 13.2. The SMILES string of the molecule is COc1ccc(-c2ccc(-c3nc4n(c3-c3ccc(C5(N)CCC5)cc3)-c3cccnc3Nc3ccccc3-4)cc2)cc1.Cl.Cl.Cl. The molecular weight excluding hydrogens is 637 g/mol. The Hall–Kier alpha value is -4.33. The summed E-state index contributed by atoms with van der Waals surface area (Å²) in [4.78, 5) is 10.1. The standard InChI is InChI=1S/C37H31N5O.3ClH/c1-43-29-19-15-25(16-20-29)24-9-11-26(12-10-24)33-34(27-13-17-28(18-14-27)37(38)21-5-22-37)42-32-8-4-23-39-35(32)40-31-7-3-2-6-30(31)36(42)41-33;;;/h2-4,6-20,23H,5,21-22,38H2,1H3,(H,39,40);3*1H. The minimum atomic E-state index is -0.216. The summed E-state index contributed by atoms with van der Waals surface area (Å²) in [7, 11) is 1.69. The maximum atomic E-state index is 6.70. The van der Waals surface area contributed by atoms with Crippen LogP contribution in [0.5, 0.6) is 5.75 Å². The molecule has 46 heavy (non-hydrogen) atoms. The van der Waals surface area contributed by atoms with Crippen LogP contribution >= 0.6 is 37.2 Å². The van der Waals surface area contributed by atoms with Crippen molar-refractivity contribution in [3.05, 3.63) is 121 Å². The van der Waals surface area contributed by atoms with Crippen molar-refractivity contribution >= 4 is 48.7 Å². The lowest BCUT2D eigenvalue weighted by Gasteiger charge is -2.38. The van der Waals surface area contributed by atoms with Crippen LogP contribution < -0.4 is 15.8 Å². The smallest absolute Gasteiger partial charge is 0.154 e. The highest BCUT2D eigenvalue weighted by Crippen LogP contribution is 2.45. The molecule has 6 aromatic rings. The fourth-order valence-corrected chi connectivity index (χ4v) is 6.30. The van der Waals surface area contributed by atoms with Crippen LogP contribution in [0.15, 0.2) is 115 Å². The molecule has 3 heterocycles. The third kappa shape index (κ3) is 5.52. The van der Waals surface area contributed by atoms with Gasteiger partial charge in [-0.2, -0.15) is 0 Å². The van der Waals surface area contributed by atoms with E-state index in [4.69, 9.17) is 20.4 Å². The molecule has 0 amide bonds. The second-order valence-corrected chi connectivity index (χ2v) is 11.4. The van der Waals surface area contributed by atoms with Crippen molar-refractivity contribution in [1.29, 1.82) is 0 Å². The predicted octanol–water partition coefficient (Wildman–Crippen LogP) is 9.60. The molecular formula is C37H34Cl3N5O. The molecule has 2 aromatic heterocycles. The number of hydrogen-bond donors (Lipinski definition) is 2. The number of nitrogens with zero attached hydrogens (tertiary/aromatic N) is 3. The number of anilines is 2. The van der Waals surface area contributed by atoms with E-state index in [2.05, 4.69) is 94.8 Å². The lowest BCUT2D eigenvalue weighted by Crippen LogP contribution is -2.43. The van der Waals surface area contributed by atoms with Crippen LogP contribution in [-0.4, -0.2) is 21.6 Å². The van der Waals surface area contributed by atoms with E-state index >= 15 is 0 Å². The number of fused-ring (bicyclic) bond motifs is 5. The molecule has 8 rings (SSSR count). The second-order valence-electron chi connectivity index (χ2n) is 11.4. The van der Waals surface area contributed by atoms with Gasteiger partial charge >= 0.3 is 0 Å². The van der Waals surface area contributed by atoms with Crippen molar-refractivity contribution in [3.8, 4) is 56.5 Å². The van der Waals surface area contributed by atoms with Crippen molar-refractivity contribution in [3.63, 3.8) is 0 Å². The van der Waals surface area contributed by atoms with E-state index < -0.39 is 0 Å². The van der Waals surface area contributed by atoms with Crippen LogP contribution in [0.3, 0.4) is 0 Å². The molecule has 2 aliphatic rings. The molecule has 234 valence electrons. The van der Waals surface area contributed by atoms with E-state index in [-0.39, 0.29) is 42.8 Å². The topological polar surface area (TPSA) is 78.0 Å². The lowest BCUT2D eigenvalue weighted by atomic mass is 9.72. The minimum Gasteiger partial charge on any atom is -0.497 e. The maximum Gasteiger partial charge on any atom is 0.154 e. The Morgan fingerprint density at radius 1 is 0.739 bits per heavy atom. The highest BCUT2D eigenvalue weighted by molar-refractivity contribution is 5.91. The monoisotopic (exact) mass is 669 g/mol. The fourth-order valence-electron chi connectivity index (χ4n) is 6.30. The Labute approximate surface area is 287 Å². The molecule has 4 aromatic carbocycles. The van der Waals surface area contributed by atoms with Crippen LogP contribution in [0.1, 0.15) is 24.8 Å². The van der Waals surface area contributed by atoms with Gasteiger partial charge in [0.2, 0.25) is 0 Å². The van der Waals surface area contributed by atoms with Crippen LogP contribution in [0.4, 0.5) is 11.5 Å². The molecule has 0 radical (unpaired) electrons. The number of nitrogens with two attached hydrogens (primary N) is 1. The third-order valence-corrected chi connectivity index (χ3v) is 8.89. The summed E-state index contributed by atoms with van der Waals surface area (Å²) in [5, 5.41) is 3.55. The molecule has 0 saturated heterocycles. The van der Waals surface area contributed by atoms with Gasteiger partial charge in [0.15, 0.2) is 5.82 Å². The molecule has 0 unspecified atom stereocenters. The number of aromatic nitrogens is 3. The van der Waals surface area contributed by atoms with Gasteiger partial charge in [-0.1, -0.05) is 72.8 Å². The number of methoxy groups -OCH3 is 1. The molecule has 1 fully saturated rings.